The Morgan fingerprint density at radius 3 is 0.370 bits per heavy atom. The van der Waals surface area contributed by atoms with E-state index in [9.17, 15) is 0 Å². The number of hydrogen-bond donors (Lipinski definition) is 0. The lowest BCUT2D eigenvalue weighted by Gasteiger charge is -2.21. The Balaban J connectivity index is 1.04. The van der Waals surface area contributed by atoms with E-state index in [1.165, 1.54) is 308 Å². The third kappa shape index (κ3) is 29.8. The first-order valence-corrected chi connectivity index (χ1v) is 56.7. The number of unbranched alkanes of at least 4 members (excludes halogenated alkanes) is 54. The lowest BCUT2D eigenvalue weighted by molar-refractivity contribution is 0.263. The zero-order chi connectivity index (χ0) is 95.4. The fraction of sp³-hybridized carbons (Fsp3) is 0.545. The molecule has 0 bridgehead atoms. The van der Waals surface area contributed by atoms with E-state index in [1.807, 2.05) is 0 Å². The van der Waals surface area contributed by atoms with Crippen LogP contribution in [0.3, 0.4) is 0 Å². The predicted octanol–water partition coefficient (Wildman–Crippen LogP) is 35.5. The molecule has 138 heavy (non-hydrogen) atoms. The van der Waals surface area contributed by atoms with E-state index in [4.69, 9.17) is 28.4 Å². The van der Waals surface area contributed by atoms with Gasteiger partial charge in [0.2, 0.25) is 0 Å². The van der Waals surface area contributed by atoms with Crippen LogP contribution in [-0.4, -0.2) is 39.6 Å². The van der Waals surface area contributed by atoms with E-state index in [0.717, 1.165) is 240 Å². The van der Waals surface area contributed by atoms with Crippen molar-refractivity contribution in [3.05, 3.63) is 175 Å². The van der Waals surface area contributed by atoms with Crippen LogP contribution in [0, 0.1) is 0 Å². The molecule has 1 aliphatic carbocycles. The maximum atomic E-state index is 7.25. The van der Waals surface area contributed by atoms with Gasteiger partial charge < -0.3 is 28.4 Å². The van der Waals surface area contributed by atoms with Gasteiger partial charge >= 0.3 is 0 Å². The molecule has 6 heteroatoms. The molecule has 0 atom stereocenters. The van der Waals surface area contributed by atoms with Crippen LogP contribution in [0.15, 0.2) is 144 Å². The third-order valence-corrected chi connectivity index (χ3v) is 29.4. The van der Waals surface area contributed by atoms with Crippen molar-refractivity contribution in [3.8, 4) is 34.5 Å². The van der Waals surface area contributed by atoms with Crippen molar-refractivity contribution in [2.45, 2.75) is 427 Å². The first-order chi connectivity index (χ1) is 68.5. The van der Waals surface area contributed by atoms with E-state index in [2.05, 4.69) is 220 Å². The molecule has 732 valence electrons. The van der Waals surface area contributed by atoms with Crippen LogP contribution in [0.2, 0.25) is 0 Å². The maximum absolute atomic E-state index is 7.25. The summed E-state index contributed by atoms with van der Waals surface area (Å²) in [6.45, 7) is 17.4. The van der Waals surface area contributed by atoms with Crippen molar-refractivity contribution in [1.29, 1.82) is 0 Å². The van der Waals surface area contributed by atoms with Crippen molar-refractivity contribution in [2.75, 3.05) is 39.6 Å². The second-order valence-corrected chi connectivity index (χ2v) is 40.3. The summed E-state index contributed by atoms with van der Waals surface area (Å²) in [5.74, 6) is 4.85. The lowest BCUT2D eigenvalue weighted by Crippen LogP contribution is -2.25. The number of benzene rings is 12. The van der Waals surface area contributed by atoms with Crippen LogP contribution >= 0.6 is 0 Å². The van der Waals surface area contributed by atoms with Crippen molar-refractivity contribution in [3.63, 3.8) is 0 Å². The molecule has 0 heterocycles. The number of fused-ring (bicyclic) bond motifs is 9. The Morgan fingerprint density at radius 1 is 0.138 bits per heavy atom. The minimum absolute atomic E-state index is 0.600. The summed E-state index contributed by atoms with van der Waals surface area (Å²) in [6, 6.07) is 39.9. The van der Waals surface area contributed by atoms with Gasteiger partial charge in [-0.2, -0.15) is 0 Å². The van der Waals surface area contributed by atoms with Gasteiger partial charge in [-0.15, -0.1) is 0 Å². The Kier molecular flexibility index (Phi) is 46.4. The standard InChI is InChI=1S/C132H168O6/c1-7-13-19-25-31-37-43-49-55-67-97-133-127-115-91-73-85-109-103-79-61-62-81-105-107(113-89-77-95-119-125(113)123-111(105)87-75-93-117(123)129(135-99-69-57-51-45-39-33-27-21-15-9-3)131(119)137-101-71-59-53-47-41-35-29-23-17-11-5)83-65-66-84-108-106(82-64-63-80-104(103)110-86-74-92-116(122(110)121(109)115)128(127)134-98-68-56-50-44-38-32-26-20-14-8-2)112-88-76-94-118-124(112)126-114(108)90-78-96-120(126)132(138-102-72-60-54-48-42-36-30-24-18-12-6)130(118)136-100-70-58-52-46-40-34-28-22-16-10-4/h73-78,85-96H,7-60,67-72,97-102H2,1-6H3. The lowest BCUT2D eigenvalue weighted by atomic mass is 9.90. The van der Waals surface area contributed by atoms with Crippen molar-refractivity contribution >= 4 is 131 Å². The summed E-state index contributed by atoms with van der Waals surface area (Å²) in [7, 11) is 0. The zero-order valence-corrected chi connectivity index (χ0v) is 86.5. The Morgan fingerprint density at radius 2 is 0.246 bits per heavy atom. The molecule has 6 nitrogen and oxygen atoms in total. The highest BCUT2D eigenvalue weighted by Crippen LogP contribution is 2.50. The largest absolute Gasteiger partial charge is 0.489 e. The Labute approximate surface area is 830 Å². The first kappa shape index (κ1) is 105. The maximum Gasteiger partial charge on any atom is 0.169 e. The quantitative estimate of drug-likeness (QED) is 0.0215. The average molecular weight is 1850 g/mol. The Bertz CT molecular complexity index is 5560. The summed E-state index contributed by atoms with van der Waals surface area (Å²) < 4.78 is 43.5. The average Bonchev–Trinajstić information content (AvgIpc) is 0.719. The van der Waals surface area contributed by atoms with Crippen molar-refractivity contribution in [1.82, 2.24) is 0 Å². The molecule has 0 unspecified atom stereocenters. The fourth-order valence-corrected chi connectivity index (χ4v) is 21.6. The molecule has 0 saturated heterocycles. The summed E-state index contributed by atoms with van der Waals surface area (Å²) in [5.41, 5.74) is 44.0. The normalized spacial score (nSPS) is 11.9. The minimum Gasteiger partial charge on any atom is -0.489 e. The number of hydrogen-bond acceptors (Lipinski definition) is 6. The van der Waals surface area contributed by atoms with E-state index in [-0.39, 0.29) is 0 Å². The van der Waals surface area contributed by atoms with Crippen LogP contribution in [0.5, 0.6) is 34.5 Å². The highest BCUT2D eigenvalue weighted by molar-refractivity contribution is 6.29. The molecule has 0 amide bonds. The second kappa shape index (κ2) is 60.8. The molecule has 12 aromatic rings. The predicted molar refractivity (Wildman–Crippen MR) is 594 cm³/mol. The smallest absolute Gasteiger partial charge is 0.169 e. The van der Waals surface area contributed by atoms with Crippen molar-refractivity contribution < 1.29 is 28.4 Å². The molecule has 1 aliphatic rings. The third-order valence-electron chi connectivity index (χ3n) is 29.4. The fourth-order valence-electron chi connectivity index (χ4n) is 21.6. The van der Waals surface area contributed by atoms with Gasteiger partial charge in [0.25, 0.3) is 0 Å². The van der Waals surface area contributed by atoms with E-state index >= 15 is 0 Å². The molecule has 12 aromatic carbocycles. The van der Waals surface area contributed by atoms with Crippen molar-refractivity contribution in [2.24, 2.45) is 0 Å². The Hall–Kier alpha value is -10.1. The van der Waals surface area contributed by atoms with Gasteiger partial charge in [0.05, 0.1) is 39.6 Å². The van der Waals surface area contributed by atoms with Crippen LogP contribution in [-0.2, 0) is 0 Å². The molecular formula is C132H168O6. The summed E-state index contributed by atoms with van der Waals surface area (Å²) in [6.07, 6.45) is 75.1. The van der Waals surface area contributed by atoms with Gasteiger partial charge in [-0.3, -0.25) is 0 Å². The monoisotopic (exact) mass is 1850 g/mol. The summed E-state index contributed by atoms with van der Waals surface area (Å²) >= 11 is 0. The van der Waals surface area contributed by atoms with Gasteiger partial charge in [0, 0.05) is 128 Å². The minimum atomic E-state index is 0.600. The molecule has 0 aromatic heterocycles. The molecule has 0 N–H and O–H groups in total. The van der Waals surface area contributed by atoms with Gasteiger partial charge in [-0.25, -0.2) is 0 Å². The van der Waals surface area contributed by atoms with Crippen LogP contribution in [0.25, 0.3) is 131 Å². The highest BCUT2D eigenvalue weighted by Gasteiger charge is 2.27. The molecular weight excluding hydrogens is 1680 g/mol. The van der Waals surface area contributed by atoms with E-state index in [0.29, 0.717) is 39.6 Å². The summed E-state index contributed by atoms with van der Waals surface area (Å²) in [4.78, 5) is 0. The topological polar surface area (TPSA) is 55.4 Å². The van der Waals surface area contributed by atoms with Gasteiger partial charge in [-0.05, 0) is 72.9 Å². The van der Waals surface area contributed by atoms with E-state index < -0.39 is 0 Å². The number of rotatable bonds is 72. The van der Waals surface area contributed by atoms with E-state index in [1.54, 1.807) is 0 Å². The highest BCUT2D eigenvalue weighted by atomic mass is 16.5. The SMILES string of the molecule is CCCCCCCCCCCCOc1c(OCCCCCCCCCCCC)c2cccc3c4c(c5cccc1c5c23)=C=C=C=C=c1c(c2cccc3c(OCCCCCCCCCCCC)c(OCCCCCCCCCCCC)c5cccc1c5c32)=C=C=C=C=c1c(c2cccc3c(OCCCCCCCCCCCC)c(OCCCCCCCCCCCC)c5cccc1c5c32)=C=C=C=C=4. The molecule has 0 spiro atoms. The van der Waals surface area contributed by atoms with Crippen LogP contribution in [0.4, 0.5) is 0 Å². The van der Waals surface area contributed by atoms with Gasteiger partial charge in [0.15, 0.2) is 34.5 Å². The molecule has 0 aliphatic heterocycles. The van der Waals surface area contributed by atoms with Gasteiger partial charge in [-0.1, -0.05) is 532 Å². The molecule has 0 fully saturated rings. The van der Waals surface area contributed by atoms with Crippen LogP contribution < -0.4 is 59.7 Å². The zero-order valence-electron chi connectivity index (χ0n) is 86.5. The molecule has 13 rings (SSSR count). The first-order valence-electron chi connectivity index (χ1n) is 56.7. The molecule has 0 radical (unpaired) electrons. The molecule has 0 saturated carbocycles. The van der Waals surface area contributed by atoms with Crippen LogP contribution in [0.1, 0.15) is 427 Å². The van der Waals surface area contributed by atoms with Gasteiger partial charge in [0.1, 0.15) is 0 Å². The second-order valence-electron chi connectivity index (χ2n) is 40.3. The number of ether oxygens (including phenoxy) is 6. The summed E-state index contributed by atoms with van der Waals surface area (Å²) in [5, 5.41) is 23.2.